The average Bonchev–Trinajstić information content (AvgIpc) is 2.80. The Kier molecular flexibility index (Phi) is 3.73. The maximum absolute atomic E-state index is 5.65. The molecule has 0 radical (unpaired) electrons. The monoisotopic (exact) mass is 263 g/mol. The molecule has 0 spiro atoms. The summed E-state index contributed by atoms with van der Waals surface area (Å²) in [5, 5.41) is 7.99. The van der Waals surface area contributed by atoms with E-state index in [1.165, 1.54) is 11.3 Å². The quantitative estimate of drug-likeness (QED) is 0.609. The Bertz CT molecular complexity index is 620. The molecule has 0 aliphatic rings. The summed E-state index contributed by atoms with van der Waals surface area (Å²) in [4.78, 5) is 7.82. The second-order valence-electron chi connectivity index (χ2n) is 3.00. The van der Waals surface area contributed by atoms with Crippen molar-refractivity contribution in [2.24, 2.45) is 0 Å². The number of aromatic amines is 1. The number of nitrogens with zero attached hydrogens (tertiary/aromatic N) is 3. The minimum absolute atomic E-state index is 0.527. The van der Waals surface area contributed by atoms with E-state index in [0.717, 1.165) is 5.39 Å². The molecular weight excluding hydrogens is 254 g/mol. The Morgan fingerprint density at radius 1 is 1.24 bits per heavy atom. The van der Waals surface area contributed by atoms with Crippen molar-refractivity contribution < 1.29 is 0 Å². The lowest BCUT2D eigenvalue weighted by Gasteiger charge is -1.90. The maximum atomic E-state index is 5.65. The van der Waals surface area contributed by atoms with E-state index in [1.807, 2.05) is 18.2 Å². The van der Waals surface area contributed by atoms with E-state index in [4.69, 9.17) is 18.0 Å². The molecule has 0 amide bonds. The Morgan fingerprint density at radius 3 is 2.59 bits per heavy atom. The van der Waals surface area contributed by atoms with Gasteiger partial charge in [0.15, 0.2) is 9.60 Å². The minimum atomic E-state index is 0.527. The third kappa shape index (κ3) is 3.05. The van der Waals surface area contributed by atoms with Crippen LogP contribution in [-0.4, -0.2) is 20.2 Å². The highest BCUT2D eigenvalue weighted by Crippen LogP contribution is 2.20. The minimum Gasteiger partial charge on any atom is -0.390 e. The van der Waals surface area contributed by atoms with Crippen LogP contribution in [0.15, 0.2) is 36.8 Å². The van der Waals surface area contributed by atoms with Crippen molar-refractivity contribution in [3.8, 4) is 0 Å². The number of anilines is 1. The molecule has 0 aliphatic carbocycles. The standard InChI is InChI=1S/C5H4N4S2.C5H5N/c6-3-2-1-7-9-4(2)8-5(10)11-3;1-2-4-6-5-3-1/h1H,6H2,(H,8,9,10);1-5H. The third-order valence-corrected chi connectivity index (χ3v) is 2.90. The lowest BCUT2D eigenvalue weighted by Crippen LogP contribution is -1.84. The molecule has 0 bridgehead atoms. The number of pyridine rings is 1. The average molecular weight is 263 g/mol. The fourth-order valence-corrected chi connectivity index (χ4v) is 2.07. The second-order valence-corrected chi connectivity index (χ2v) is 4.68. The molecule has 5 nitrogen and oxygen atoms in total. The highest BCUT2D eigenvalue weighted by molar-refractivity contribution is 7.73. The summed E-state index contributed by atoms with van der Waals surface area (Å²) in [6, 6.07) is 5.72. The van der Waals surface area contributed by atoms with Crippen LogP contribution < -0.4 is 5.73 Å². The number of H-pyrrole nitrogens is 1. The molecule has 3 aromatic heterocycles. The molecule has 0 unspecified atom stereocenters. The maximum Gasteiger partial charge on any atom is 0.184 e. The number of nitrogens with one attached hydrogen (secondary N) is 1. The van der Waals surface area contributed by atoms with Crippen LogP contribution in [-0.2, 0) is 0 Å². The van der Waals surface area contributed by atoms with Crippen LogP contribution in [0.5, 0.6) is 0 Å². The van der Waals surface area contributed by atoms with Crippen LogP contribution >= 0.6 is 23.6 Å². The molecular formula is C10H9N5S2. The molecule has 3 rings (SSSR count). The van der Waals surface area contributed by atoms with Crippen LogP contribution in [0.4, 0.5) is 5.00 Å². The molecule has 3 heterocycles. The summed E-state index contributed by atoms with van der Waals surface area (Å²) < 4.78 is 0.527. The van der Waals surface area contributed by atoms with Gasteiger partial charge >= 0.3 is 0 Å². The Morgan fingerprint density at radius 2 is 2.00 bits per heavy atom. The zero-order valence-electron chi connectivity index (χ0n) is 8.70. The number of rotatable bonds is 0. The largest absolute Gasteiger partial charge is 0.390 e. The van der Waals surface area contributed by atoms with Gasteiger partial charge in [0.2, 0.25) is 0 Å². The fraction of sp³-hybridized carbons (Fsp3) is 0. The molecule has 0 aliphatic heterocycles. The van der Waals surface area contributed by atoms with E-state index in [0.29, 0.717) is 14.6 Å². The van der Waals surface area contributed by atoms with Gasteiger partial charge in [-0.25, -0.2) is 4.98 Å². The van der Waals surface area contributed by atoms with Crippen LogP contribution in [0.25, 0.3) is 11.0 Å². The van der Waals surface area contributed by atoms with E-state index in [-0.39, 0.29) is 0 Å². The first-order valence-electron chi connectivity index (χ1n) is 4.72. The van der Waals surface area contributed by atoms with Gasteiger partial charge in [0.05, 0.1) is 11.6 Å². The van der Waals surface area contributed by atoms with Crippen molar-refractivity contribution in [3.63, 3.8) is 0 Å². The van der Waals surface area contributed by atoms with Crippen LogP contribution in [0.3, 0.4) is 0 Å². The third-order valence-electron chi connectivity index (χ3n) is 1.85. The van der Waals surface area contributed by atoms with Gasteiger partial charge in [-0.05, 0) is 24.4 Å². The predicted octanol–water partition coefficient (Wildman–Crippen LogP) is 2.41. The van der Waals surface area contributed by atoms with E-state index in [1.54, 1.807) is 18.6 Å². The SMILES string of the molecule is Nc1sc(=S)nc2[nH]ncc12.c1ccncc1. The van der Waals surface area contributed by atoms with E-state index < -0.39 is 0 Å². The van der Waals surface area contributed by atoms with Gasteiger partial charge in [-0.1, -0.05) is 17.4 Å². The Balaban J connectivity index is 0.000000153. The number of hydrogen-bond acceptors (Lipinski definition) is 6. The predicted molar refractivity (Wildman–Crippen MR) is 71.2 cm³/mol. The van der Waals surface area contributed by atoms with E-state index in [2.05, 4.69) is 20.2 Å². The van der Waals surface area contributed by atoms with Crippen molar-refractivity contribution in [1.82, 2.24) is 20.2 Å². The van der Waals surface area contributed by atoms with Crippen molar-refractivity contribution in [3.05, 3.63) is 40.7 Å². The van der Waals surface area contributed by atoms with Gasteiger partial charge in [-0.3, -0.25) is 10.1 Å². The first-order chi connectivity index (χ1) is 8.27. The van der Waals surface area contributed by atoms with Crippen molar-refractivity contribution >= 4 is 39.6 Å². The number of fused-ring (bicyclic) bond motifs is 1. The molecule has 3 aromatic rings. The summed E-state index contributed by atoms with van der Waals surface area (Å²) in [5.41, 5.74) is 6.31. The van der Waals surface area contributed by atoms with E-state index >= 15 is 0 Å². The van der Waals surface area contributed by atoms with Crippen LogP contribution in [0, 0.1) is 3.95 Å². The summed E-state index contributed by atoms with van der Waals surface area (Å²) in [6.45, 7) is 0. The lowest BCUT2D eigenvalue weighted by molar-refractivity contribution is 1.10. The number of aromatic nitrogens is 4. The van der Waals surface area contributed by atoms with Crippen molar-refractivity contribution in [2.45, 2.75) is 0 Å². The lowest BCUT2D eigenvalue weighted by atomic mass is 10.4. The van der Waals surface area contributed by atoms with E-state index in [9.17, 15) is 0 Å². The molecule has 0 atom stereocenters. The van der Waals surface area contributed by atoms with Gasteiger partial charge in [-0.15, -0.1) is 0 Å². The summed E-state index contributed by atoms with van der Waals surface area (Å²) in [6.07, 6.45) is 5.14. The van der Waals surface area contributed by atoms with Gasteiger partial charge in [-0.2, -0.15) is 5.10 Å². The van der Waals surface area contributed by atoms with Crippen LogP contribution in [0.2, 0.25) is 0 Å². The van der Waals surface area contributed by atoms with Gasteiger partial charge in [0.1, 0.15) is 5.00 Å². The first kappa shape index (κ1) is 11.6. The Labute approximate surface area is 106 Å². The van der Waals surface area contributed by atoms with Crippen molar-refractivity contribution in [2.75, 3.05) is 5.73 Å². The number of nitrogen functional groups attached to an aromatic ring is 1. The smallest absolute Gasteiger partial charge is 0.184 e. The Hall–Kier alpha value is -1.86. The zero-order valence-corrected chi connectivity index (χ0v) is 10.3. The number of hydrogen-bond donors (Lipinski definition) is 2. The molecule has 7 heteroatoms. The van der Waals surface area contributed by atoms with Gasteiger partial charge < -0.3 is 5.73 Å². The fourth-order valence-electron chi connectivity index (χ4n) is 1.12. The number of nitrogens with two attached hydrogens (primary N) is 1. The molecule has 17 heavy (non-hydrogen) atoms. The normalized spacial score (nSPS) is 9.65. The highest BCUT2D eigenvalue weighted by atomic mass is 32.1. The zero-order chi connectivity index (χ0) is 12.1. The van der Waals surface area contributed by atoms with Gasteiger partial charge in [0.25, 0.3) is 0 Å². The highest BCUT2D eigenvalue weighted by Gasteiger charge is 2.00. The molecule has 0 aromatic carbocycles. The van der Waals surface area contributed by atoms with Crippen LogP contribution in [0.1, 0.15) is 0 Å². The molecule has 0 saturated carbocycles. The molecule has 3 N–H and O–H groups in total. The first-order valence-corrected chi connectivity index (χ1v) is 5.94. The van der Waals surface area contributed by atoms with Crippen molar-refractivity contribution in [1.29, 1.82) is 0 Å². The van der Waals surface area contributed by atoms with Gasteiger partial charge in [0, 0.05) is 12.4 Å². The molecule has 86 valence electrons. The summed E-state index contributed by atoms with van der Waals surface area (Å²) in [7, 11) is 0. The molecule has 0 saturated heterocycles. The topological polar surface area (TPSA) is 80.5 Å². The molecule has 0 fully saturated rings. The summed E-state index contributed by atoms with van der Waals surface area (Å²) >= 11 is 6.16. The summed E-state index contributed by atoms with van der Waals surface area (Å²) in [5.74, 6) is 0. The second kappa shape index (κ2) is 5.46.